The number of aromatic amines is 1. The fourth-order valence-electron chi connectivity index (χ4n) is 1.67. The fourth-order valence-corrected chi connectivity index (χ4v) is 2.23. The molecule has 0 aromatic carbocycles. The highest BCUT2D eigenvalue weighted by atomic mass is 32.1. The van der Waals surface area contributed by atoms with Crippen molar-refractivity contribution in [2.45, 2.75) is 31.6 Å². The molecule has 11 heavy (non-hydrogen) atoms. The van der Waals surface area contributed by atoms with E-state index in [1.54, 1.807) is 0 Å². The quantitative estimate of drug-likeness (QED) is 0.694. The summed E-state index contributed by atoms with van der Waals surface area (Å²) < 4.78 is 6.69. The summed E-state index contributed by atoms with van der Waals surface area (Å²) in [5.41, 5.74) is 0.800. The third-order valence-electron chi connectivity index (χ3n) is 2.26. The lowest BCUT2D eigenvalue weighted by atomic mass is 10.1. The first kappa shape index (κ1) is 7.03. The monoisotopic (exact) mass is 170 g/mol. The zero-order valence-corrected chi connectivity index (χ0v) is 6.99. The van der Waals surface area contributed by atoms with E-state index in [0.29, 0.717) is 5.92 Å². The van der Waals surface area contributed by atoms with Gasteiger partial charge in [-0.1, -0.05) is 12.8 Å². The molecule has 0 unspecified atom stereocenters. The smallest absolute Gasteiger partial charge is 0.267 e. The average molecular weight is 170 g/mol. The van der Waals surface area contributed by atoms with Crippen molar-refractivity contribution in [2.24, 2.45) is 0 Å². The Morgan fingerprint density at radius 1 is 1.45 bits per heavy atom. The topological polar surface area (TPSA) is 45.8 Å². The van der Waals surface area contributed by atoms with Crippen LogP contribution in [0.4, 0.5) is 0 Å². The number of rotatable bonds is 1. The molecule has 1 aliphatic rings. The van der Waals surface area contributed by atoms with Crippen LogP contribution >= 0.6 is 11.7 Å². The zero-order valence-electron chi connectivity index (χ0n) is 6.17. The molecule has 0 amide bonds. The largest absolute Gasteiger partial charge is 0.281 e. The van der Waals surface area contributed by atoms with E-state index in [4.69, 9.17) is 0 Å². The first-order valence-electron chi connectivity index (χ1n) is 3.92. The summed E-state index contributed by atoms with van der Waals surface area (Å²) in [6, 6.07) is 0. The average Bonchev–Trinajstić information content (AvgIpc) is 2.55. The second-order valence-corrected chi connectivity index (χ2v) is 3.55. The van der Waals surface area contributed by atoms with Crippen LogP contribution in [0.3, 0.4) is 0 Å². The number of H-pyrrole nitrogens is 1. The molecule has 0 saturated heterocycles. The minimum absolute atomic E-state index is 0.0295. The molecule has 1 aromatic rings. The van der Waals surface area contributed by atoms with Crippen LogP contribution in [0.25, 0.3) is 0 Å². The molecule has 0 aliphatic heterocycles. The van der Waals surface area contributed by atoms with E-state index >= 15 is 0 Å². The van der Waals surface area contributed by atoms with Gasteiger partial charge >= 0.3 is 0 Å². The molecule has 1 heterocycles. The molecule has 1 N–H and O–H groups in total. The molecule has 1 aliphatic carbocycles. The number of aromatic nitrogens is 2. The van der Waals surface area contributed by atoms with Gasteiger partial charge in [-0.2, -0.15) is 4.37 Å². The molecule has 1 saturated carbocycles. The van der Waals surface area contributed by atoms with Gasteiger partial charge in [0, 0.05) is 17.6 Å². The fraction of sp³-hybridized carbons (Fsp3) is 0.714. The minimum atomic E-state index is 0.0295. The van der Waals surface area contributed by atoms with Crippen molar-refractivity contribution >= 4 is 11.7 Å². The molecular weight excluding hydrogens is 160 g/mol. The maximum Gasteiger partial charge on any atom is 0.281 e. The van der Waals surface area contributed by atoms with Crippen LogP contribution in [-0.2, 0) is 0 Å². The van der Waals surface area contributed by atoms with Crippen molar-refractivity contribution in [3.05, 3.63) is 16.0 Å². The van der Waals surface area contributed by atoms with Gasteiger partial charge in [-0.25, -0.2) is 0 Å². The van der Waals surface area contributed by atoms with E-state index in [9.17, 15) is 4.79 Å². The third kappa shape index (κ3) is 1.22. The van der Waals surface area contributed by atoms with Crippen molar-refractivity contribution in [1.82, 2.24) is 8.75 Å². The van der Waals surface area contributed by atoms with Gasteiger partial charge in [0.25, 0.3) is 5.56 Å². The maximum atomic E-state index is 11.1. The Morgan fingerprint density at radius 2 is 2.18 bits per heavy atom. The number of hydrogen-bond acceptors (Lipinski definition) is 3. The molecule has 0 atom stereocenters. The predicted octanol–water partition coefficient (Wildman–Crippen LogP) is 1.49. The summed E-state index contributed by atoms with van der Waals surface area (Å²) in [6.07, 6.45) is 4.79. The van der Waals surface area contributed by atoms with Crippen LogP contribution < -0.4 is 5.56 Å². The van der Waals surface area contributed by atoms with Crippen LogP contribution in [0.1, 0.15) is 37.3 Å². The lowest BCUT2D eigenvalue weighted by molar-refractivity contribution is 0.699. The highest BCUT2D eigenvalue weighted by Gasteiger charge is 2.21. The number of hydrogen-bond donors (Lipinski definition) is 1. The molecule has 0 radical (unpaired) electrons. The minimum Gasteiger partial charge on any atom is -0.267 e. The first-order chi connectivity index (χ1) is 5.38. The van der Waals surface area contributed by atoms with Gasteiger partial charge in [-0.3, -0.25) is 9.17 Å². The van der Waals surface area contributed by atoms with Gasteiger partial charge in [0.05, 0.1) is 0 Å². The lowest BCUT2D eigenvalue weighted by Gasteiger charge is -1.99. The van der Waals surface area contributed by atoms with E-state index in [1.165, 1.54) is 24.6 Å². The molecular formula is C7H10N2OS. The van der Waals surface area contributed by atoms with Crippen molar-refractivity contribution in [2.75, 3.05) is 0 Å². The van der Waals surface area contributed by atoms with E-state index in [-0.39, 0.29) is 5.56 Å². The Balaban J connectivity index is 2.28. The van der Waals surface area contributed by atoms with Gasteiger partial charge in [0.1, 0.15) is 5.69 Å². The standard InChI is InChI=1S/C7H10N2OS/c10-7-6(8-11-9-7)5-3-1-2-4-5/h5H,1-4H2,(H,9,10). The summed E-state index contributed by atoms with van der Waals surface area (Å²) >= 11 is 1.17. The second-order valence-electron chi connectivity index (χ2n) is 2.98. The van der Waals surface area contributed by atoms with E-state index in [2.05, 4.69) is 8.75 Å². The normalized spacial score (nSPS) is 19.3. The van der Waals surface area contributed by atoms with Crippen LogP contribution in [0, 0.1) is 0 Å². The SMILES string of the molecule is O=c1[nH]snc1C1CCCC1. The Labute approximate surface area is 68.8 Å². The molecule has 4 heteroatoms. The molecule has 1 fully saturated rings. The van der Waals surface area contributed by atoms with Gasteiger partial charge in [0.15, 0.2) is 0 Å². The van der Waals surface area contributed by atoms with Gasteiger partial charge in [0.2, 0.25) is 0 Å². The molecule has 2 rings (SSSR count). The lowest BCUT2D eigenvalue weighted by Crippen LogP contribution is -2.09. The summed E-state index contributed by atoms with van der Waals surface area (Å²) in [5.74, 6) is 0.449. The van der Waals surface area contributed by atoms with Crippen molar-refractivity contribution in [3.63, 3.8) is 0 Å². The number of nitrogens with zero attached hydrogens (tertiary/aromatic N) is 1. The summed E-state index contributed by atoms with van der Waals surface area (Å²) in [4.78, 5) is 11.1. The Morgan fingerprint density at radius 3 is 2.73 bits per heavy atom. The van der Waals surface area contributed by atoms with Crippen molar-refractivity contribution in [1.29, 1.82) is 0 Å². The highest BCUT2D eigenvalue weighted by Crippen LogP contribution is 2.31. The van der Waals surface area contributed by atoms with Crippen molar-refractivity contribution < 1.29 is 0 Å². The molecule has 3 nitrogen and oxygen atoms in total. The van der Waals surface area contributed by atoms with Crippen molar-refractivity contribution in [3.8, 4) is 0 Å². The van der Waals surface area contributed by atoms with Gasteiger partial charge in [-0.15, -0.1) is 0 Å². The summed E-state index contributed by atoms with van der Waals surface area (Å²) in [6.45, 7) is 0. The predicted molar refractivity (Wildman–Crippen MR) is 43.9 cm³/mol. The van der Waals surface area contributed by atoms with E-state index in [1.807, 2.05) is 0 Å². The van der Waals surface area contributed by atoms with Crippen LogP contribution in [0.5, 0.6) is 0 Å². The van der Waals surface area contributed by atoms with Crippen LogP contribution in [0.15, 0.2) is 4.79 Å². The van der Waals surface area contributed by atoms with Gasteiger partial charge in [-0.05, 0) is 12.8 Å². The van der Waals surface area contributed by atoms with Crippen LogP contribution in [0.2, 0.25) is 0 Å². The summed E-state index contributed by atoms with van der Waals surface area (Å²) in [5, 5.41) is 0. The van der Waals surface area contributed by atoms with Crippen LogP contribution in [-0.4, -0.2) is 8.75 Å². The zero-order chi connectivity index (χ0) is 7.68. The third-order valence-corrected chi connectivity index (χ3v) is 2.82. The summed E-state index contributed by atoms with van der Waals surface area (Å²) in [7, 11) is 0. The van der Waals surface area contributed by atoms with Gasteiger partial charge < -0.3 is 0 Å². The number of nitrogens with one attached hydrogen (secondary N) is 1. The Hall–Kier alpha value is -0.640. The second kappa shape index (κ2) is 2.77. The molecule has 0 spiro atoms. The molecule has 0 bridgehead atoms. The van der Waals surface area contributed by atoms with E-state index in [0.717, 1.165) is 18.5 Å². The Bertz CT molecular complexity index is 285. The highest BCUT2D eigenvalue weighted by molar-refractivity contribution is 6.99. The van der Waals surface area contributed by atoms with E-state index < -0.39 is 0 Å². The maximum absolute atomic E-state index is 11.1. The Kier molecular flexibility index (Phi) is 1.77. The molecule has 1 aromatic heterocycles. The molecule has 60 valence electrons. The first-order valence-corrected chi connectivity index (χ1v) is 4.69.